The van der Waals surface area contributed by atoms with Crippen LogP contribution in [0.4, 0.5) is 4.79 Å². The minimum Gasteiger partial charge on any atom is -0.497 e. The second-order valence-electron chi connectivity index (χ2n) is 7.11. The minimum absolute atomic E-state index is 0.208. The van der Waals surface area contributed by atoms with Crippen molar-refractivity contribution >= 4 is 6.09 Å². The third-order valence-electron chi connectivity index (χ3n) is 5.45. The molecule has 0 aromatic heterocycles. The summed E-state index contributed by atoms with van der Waals surface area (Å²) in [6.07, 6.45) is 2.08. The number of benzene rings is 2. The van der Waals surface area contributed by atoms with E-state index in [1.165, 1.54) is 11.1 Å². The fourth-order valence-corrected chi connectivity index (χ4v) is 3.95. The number of nitrogens with zero attached hydrogens (tertiary/aromatic N) is 1. The Morgan fingerprint density at radius 1 is 1.19 bits per heavy atom. The van der Waals surface area contributed by atoms with Crippen LogP contribution in [-0.2, 0) is 22.5 Å². The molecule has 27 heavy (non-hydrogen) atoms. The summed E-state index contributed by atoms with van der Waals surface area (Å²) in [5, 5.41) is 0. The van der Waals surface area contributed by atoms with Crippen molar-refractivity contribution in [1.29, 1.82) is 0 Å². The molecule has 5 nitrogen and oxygen atoms in total. The zero-order valence-electron chi connectivity index (χ0n) is 15.6. The van der Waals surface area contributed by atoms with Crippen molar-refractivity contribution < 1.29 is 19.0 Å². The van der Waals surface area contributed by atoms with E-state index in [0.717, 1.165) is 30.6 Å². The summed E-state index contributed by atoms with van der Waals surface area (Å²) >= 11 is 0. The van der Waals surface area contributed by atoms with Crippen molar-refractivity contribution in [3.05, 3.63) is 65.2 Å². The molecule has 0 aliphatic carbocycles. The Hall–Kier alpha value is -2.53. The van der Waals surface area contributed by atoms with Gasteiger partial charge in [-0.25, -0.2) is 4.79 Å². The summed E-state index contributed by atoms with van der Waals surface area (Å²) in [5.41, 5.74) is 3.52. The van der Waals surface area contributed by atoms with Crippen molar-refractivity contribution in [2.75, 3.05) is 20.3 Å². The molecule has 3 aliphatic rings. The van der Waals surface area contributed by atoms with Crippen molar-refractivity contribution in [2.24, 2.45) is 0 Å². The van der Waals surface area contributed by atoms with Gasteiger partial charge >= 0.3 is 6.09 Å². The number of amides is 1. The van der Waals surface area contributed by atoms with Gasteiger partial charge in [-0.05, 0) is 48.1 Å². The van der Waals surface area contributed by atoms with E-state index in [-0.39, 0.29) is 18.9 Å². The van der Waals surface area contributed by atoms with Gasteiger partial charge < -0.3 is 14.2 Å². The van der Waals surface area contributed by atoms with Crippen LogP contribution in [0.15, 0.2) is 48.5 Å². The number of hydrogen-bond acceptors (Lipinski definition) is 4. The Bertz CT molecular complexity index is 784. The van der Waals surface area contributed by atoms with E-state index in [4.69, 9.17) is 14.2 Å². The van der Waals surface area contributed by atoms with Crippen molar-refractivity contribution in [1.82, 2.24) is 4.90 Å². The molecule has 5 rings (SSSR count). The molecule has 2 aromatic carbocycles. The van der Waals surface area contributed by atoms with Crippen LogP contribution >= 0.6 is 0 Å². The third-order valence-corrected chi connectivity index (χ3v) is 5.45. The van der Waals surface area contributed by atoms with Gasteiger partial charge in [0.2, 0.25) is 0 Å². The molecule has 0 saturated carbocycles. The summed E-state index contributed by atoms with van der Waals surface area (Å²) in [7, 11) is 1.68. The Kier molecular flexibility index (Phi) is 5.30. The first-order valence-corrected chi connectivity index (χ1v) is 9.50. The number of hydrogen-bond donors (Lipinski definition) is 0. The molecular weight excluding hydrogens is 342 g/mol. The fourth-order valence-electron chi connectivity index (χ4n) is 3.95. The van der Waals surface area contributed by atoms with Gasteiger partial charge in [-0.3, -0.25) is 4.90 Å². The van der Waals surface area contributed by atoms with Crippen molar-refractivity contribution in [2.45, 2.75) is 38.0 Å². The molecule has 3 aliphatic heterocycles. The number of fused-ring (bicyclic) bond motifs is 4. The molecule has 0 radical (unpaired) electrons. The van der Waals surface area contributed by atoms with E-state index in [1.54, 1.807) is 12.0 Å². The first kappa shape index (κ1) is 17.9. The van der Waals surface area contributed by atoms with Crippen molar-refractivity contribution in [3.8, 4) is 5.75 Å². The average Bonchev–Trinajstić information content (AvgIpc) is 2.85. The van der Waals surface area contributed by atoms with Gasteiger partial charge in [0.05, 0.1) is 13.7 Å². The molecule has 2 atom stereocenters. The van der Waals surface area contributed by atoms with Gasteiger partial charge in [-0.1, -0.05) is 36.4 Å². The summed E-state index contributed by atoms with van der Waals surface area (Å²) in [4.78, 5) is 14.5. The van der Waals surface area contributed by atoms with Crippen LogP contribution in [0.1, 0.15) is 35.4 Å². The molecule has 0 spiro atoms. The lowest BCUT2D eigenvalue weighted by Gasteiger charge is -2.34. The Morgan fingerprint density at radius 3 is 2.78 bits per heavy atom. The maximum absolute atomic E-state index is 12.8. The highest BCUT2D eigenvalue weighted by Crippen LogP contribution is 2.35. The molecule has 0 N–H and O–H groups in total. The molecule has 3 heterocycles. The first-order valence-electron chi connectivity index (χ1n) is 9.50. The van der Waals surface area contributed by atoms with Crippen LogP contribution in [0.5, 0.6) is 5.75 Å². The maximum Gasteiger partial charge on any atom is 0.412 e. The number of carbonyl (C=O) groups is 1. The van der Waals surface area contributed by atoms with Crippen LogP contribution in [0.3, 0.4) is 0 Å². The quantitative estimate of drug-likeness (QED) is 0.819. The minimum atomic E-state index is -0.311. The zero-order chi connectivity index (χ0) is 18.6. The van der Waals surface area contributed by atoms with Crippen LogP contribution in [0.2, 0.25) is 0 Å². The Labute approximate surface area is 159 Å². The topological polar surface area (TPSA) is 48.0 Å². The SMILES string of the molecule is COc1ccc2c(c1)CCN(C(=O)OCc1ccccc1)C1CCC2CO1. The molecule has 5 heteroatoms. The highest BCUT2D eigenvalue weighted by Gasteiger charge is 2.33. The van der Waals surface area contributed by atoms with E-state index in [1.807, 2.05) is 36.4 Å². The number of carbonyl (C=O) groups excluding carboxylic acids is 1. The predicted octanol–water partition coefficient (Wildman–Crippen LogP) is 4.11. The largest absolute Gasteiger partial charge is 0.497 e. The lowest BCUT2D eigenvalue weighted by atomic mass is 9.89. The highest BCUT2D eigenvalue weighted by atomic mass is 16.6. The van der Waals surface area contributed by atoms with Gasteiger partial charge in [0.15, 0.2) is 0 Å². The standard InChI is InChI=1S/C22H25NO4/c1-25-19-8-9-20-17(13-19)11-12-23(21-10-7-18(20)15-26-21)22(24)27-14-16-5-3-2-4-6-16/h2-6,8-9,13,18,21H,7,10-12,14-15H2,1H3. The second-order valence-corrected chi connectivity index (χ2v) is 7.11. The summed E-state index contributed by atoms with van der Waals surface area (Å²) in [5.74, 6) is 1.23. The van der Waals surface area contributed by atoms with Crippen LogP contribution < -0.4 is 4.74 Å². The number of methoxy groups -OCH3 is 1. The number of ether oxygens (including phenoxy) is 3. The van der Waals surface area contributed by atoms with E-state index in [2.05, 4.69) is 12.1 Å². The van der Waals surface area contributed by atoms with Gasteiger partial charge in [0.1, 0.15) is 18.6 Å². The Morgan fingerprint density at radius 2 is 2.04 bits per heavy atom. The molecule has 142 valence electrons. The van der Waals surface area contributed by atoms with Gasteiger partial charge in [-0.15, -0.1) is 0 Å². The average molecular weight is 367 g/mol. The Balaban J connectivity index is 1.51. The first-order chi connectivity index (χ1) is 13.2. The fraction of sp³-hybridized carbons (Fsp3) is 0.409. The van der Waals surface area contributed by atoms with E-state index < -0.39 is 0 Å². The van der Waals surface area contributed by atoms with E-state index in [9.17, 15) is 4.79 Å². The molecule has 1 saturated heterocycles. The van der Waals surface area contributed by atoms with Gasteiger partial charge in [0.25, 0.3) is 0 Å². The smallest absolute Gasteiger partial charge is 0.412 e. The summed E-state index contributed by atoms with van der Waals surface area (Å²) in [6, 6.07) is 16.0. The molecule has 1 fully saturated rings. The zero-order valence-corrected chi connectivity index (χ0v) is 15.6. The summed E-state index contributed by atoms with van der Waals surface area (Å²) in [6.45, 7) is 1.48. The molecule has 2 unspecified atom stereocenters. The normalized spacial score (nSPS) is 21.6. The molecule has 2 aromatic rings. The number of rotatable bonds is 3. The highest BCUT2D eigenvalue weighted by molar-refractivity contribution is 5.68. The molecular formula is C22H25NO4. The van der Waals surface area contributed by atoms with E-state index >= 15 is 0 Å². The van der Waals surface area contributed by atoms with Gasteiger partial charge in [-0.2, -0.15) is 0 Å². The maximum atomic E-state index is 12.8. The molecule has 2 bridgehead atoms. The predicted molar refractivity (Wildman–Crippen MR) is 102 cm³/mol. The third kappa shape index (κ3) is 3.93. The van der Waals surface area contributed by atoms with Crippen LogP contribution in [0, 0.1) is 0 Å². The second kappa shape index (κ2) is 8.01. The molecule has 1 amide bonds. The van der Waals surface area contributed by atoms with Crippen LogP contribution in [0.25, 0.3) is 0 Å². The lowest BCUT2D eigenvalue weighted by molar-refractivity contribution is -0.0835. The van der Waals surface area contributed by atoms with Crippen LogP contribution in [-0.4, -0.2) is 37.5 Å². The van der Waals surface area contributed by atoms with Gasteiger partial charge in [0, 0.05) is 12.5 Å². The lowest BCUT2D eigenvalue weighted by Crippen LogP contribution is -2.45. The monoisotopic (exact) mass is 367 g/mol. The van der Waals surface area contributed by atoms with Crippen molar-refractivity contribution in [3.63, 3.8) is 0 Å². The van der Waals surface area contributed by atoms with E-state index in [0.29, 0.717) is 19.1 Å². The summed E-state index contributed by atoms with van der Waals surface area (Å²) < 4.78 is 17.0.